The molecule has 9 atom stereocenters. The van der Waals surface area contributed by atoms with Crippen molar-refractivity contribution < 1.29 is 42.9 Å². The number of ether oxygens (including phenoxy) is 4. The van der Waals surface area contributed by atoms with E-state index in [0.717, 1.165) is 0 Å². The predicted molar refractivity (Wildman–Crippen MR) is 169 cm³/mol. The molecule has 2 saturated heterocycles. The molecule has 2 aromatic carbocycles. The largest absolute Gasteiger partial charge is 0.453 e. The lowest BCUT2D eigenvalue weighted by molar-refractivity contribution is -0.176. The van der Waals surface area contributed by atoms with Gasteiger partial charge in [0.2, 0.25) is 6.79 Å². The second kappa shape index (κ2) is 11.2. The number of benzene rings is 2. The Balaban J connectivity index is 1.34. The Morgan fingerprint density at radius 3 is 2.35 bits per heavy atom. The molecule has 5 aliphatic heterocycles. The third-order valence-electron chi connectivity index (χ3n) is 11.7. The SMILES string of the molecule is COC1C(=O)C2C(C[C@H]3C(C#N)N4C(Cc5c(OC(C)=O)c(C)c6c(c5[C@@H]4CN4C(=O)c5ccccc5C4=O)OCO6)[C@@H]2N3C)C(=O)C1C. The number of carbonyl (C=O) groups excluding carboxylic acids is 5. The van der Waals surface area contributed by atoms with Crippen molar-refractivity contribution in [2.24, 2.45) is 17.8 Å². The number of nitrogens with zero attached hydrogens (tertiary/aromatic N) is 4. The van der Waals surface area contributed by atoms with Crippen molar-refractivity contribution in [1.82, 2.24) is 14.7 Å². The third-order valence-corrected chi connectivity index (χ3v) is 11.7. The Hall–Kier alpha value is -4.64. The number of piperazine rings is 1. The molecule has 254 valence electrons. The summed E-state index contributed by atoms with van der Waals surface area (Å²) in [4.78, 5) is 73.6. The fourth-order valence-electron chi connectivity index (χ4n) is 9.74. The topological polar surface area (TPSA) is 156 Å². The van der Waals surface area contributed by atoms with Crippen LogP contribution in [-0.2, 0) is 25.5 Å². The zero-order chi connectivity index (χ0) is 34.6. The zero-order valence-corrected chi connectivity index (χ0v) is 27.8. The van der Waals surface area contributed by atoms with Gasteiger partial charge in [0.05, 0.1) is 23.2 Å². The number of rotatable bonds is 4. The third kappa shape index (κ3) is 4.23. The van der Waals surface area contributed by atoms with Gasteiger partial charge in [-0.2, -0.15) is 5.26 Å². The molecule has 1 aliphatic carbocycles. The number of imide groups is 1. The Morgan fingerprint density at radius 1 is 1.04 bits per heavy atom. The molecular formula is C36H36N4O9. The van der Waals surface area contributed by atoms with Crippen LogP contribution in [0.15, 0.2) is 24.3 Å². The van der Waals surface area contributed by atoms with Crippen molar-refractivity contribution in [2.45, 2.75) is 69.9 Å². The van der Waals surface area contributed by atoms with Gasteiger partial charge < -0.3 is 18.9 Å². The fraction of sp³-hybridized carbons (Fsp3) is 0.500. The summed E-state index contributed by atoms with van der Waals surface area (Å²) in [6.45, 7) is 4.55. The maximum Gasteiger partial charge on any atom is 0.308 e. The molecular weight excluding hydrogens is 632 g/mol. The first-order chi connectivity index (χ1) is 23.5. The molecule has 2 amide bonds. The standard InChI is InChI=1S/C36H36N4O9/c1-15-29(42)20-10-22-24(12-37)40-23(28(38(22)4)27(20)30(43)32(15)46-5)11-21-26(34-33(47-14-48-34)16(2)31(21)49-17(3)41)25(40)13-39-35(44)18-8-6-7-9-19(18)36(39)45/h6-9,15,20,22-25,27-28,32H,10-11,13-14H2,1-5H3/t15?,20?,22-,23?,24?,25-,27?,28-,32?/m0/s1. The lowest BCUT2D eigenvalue weighted by atomic mass is 9.59. The fourth-order valence-corrected chi connectivity index (χ4v) is 9.74. The van der Waals surface area contributed by atoms with Crippen LogP contribution >= 0.6 is 0 Å². The van der Waals surface area contributed by atoms with Gasteiger partial charge in [-0.3, -0.25) is 38.7 Å². The van der Waals surface area contributed by atoms with E-state index in [0.29, 0.717) is 34.6 Å². The number of likely N-dealkylation sites (N-methyl/N-ethyl adjacent to an activating group) is 1. The number of hydrogen-bond donors (Lipinski definition) is 0. The molecule has 3 fully saturated rings. The lowest BCUT2D eigenvalue weighted by Crippen LogP contribution is -2.77. The lowest BCUT2D eigenvalue weighted by Gasteiger charge is -2.63. The van der Waals surface area contributed by atoms with Crippen molar-refractivity contribution in [2.75, 3.05) is 27.5 Å². The minimum absolute atomic E-state index is 0.0525. The van der Waals surface area contributed by atoms with Crippen LogP contribution in [0.3, 0.4) is 0 Å². The summed E-state index contributed by atoms with van der Waals surface area (Å²) in [5, 5.41) is 10.9. The average molecular weight is 669 g/mol. The number of fused-ring (bicyclic) bond motifs is 10. The first kappa shape index (κ1) is 31.6. The first-order valence-corrected chi connectivity index (χ1v) is 16.6. The van der Waals surface area contributed by atoms with Gasteiger partial charge >= 0.3 is 5.97 Å². The van der Waals surface area contributed by atoms with E-state index >= 15 is 0 Å². The molecule has 6 aliphatic rings. The molecule has 1 saturated carbocycles. The van der Waals surface area contributed by atoms with Gasteiger partial charge in [0.25, 0.3) is 11.8 Å². The number of nitriles is 1. The number of esters is 1. The number of piperidine rings is 1. The number of carbonyl (C=O) groups is 5. The Bertz CT molecular complexity index is 1870. The van der Waals surface area contributed by atoms with Crippen molar-refractivity contribution in [3.8, 4) is 23.3 Å². The molecule has 2 bridgehead atoms. The summed E-state index contributed by atoms with van der Waals surface area (Å²) in [5.41, 5.74) is 2.30. The molecule has 8 rings (SSSR count). The number of ketones is 2. The van der Waals surface area contributed by atoms with Gasteiger partial charge in [0, 0.05) is 73.1 Å². The molecule has 0 radical (unpaired) electrons. The van der Waals surface area contributed by atoms with Gasteiger partial charge in [0.1, 0.15) is 23.7 Å². The van der Waals surface area contributed by atoms with Crippen LogP contribution in [0.25, 0.3) is 0 Å². The quantitative estimate of drug-likeness (QED) is 0.267. The number of amides is 2. The minimum atomic E-state index is -0.904. The Kier molecular flexibility index (Phi) is 7.22. The van der Waals surface area contributed by atoms with E-state index in [9.17, 15) is 29.2 Å². The average Bonchev–Trinajstić information content (AvgIpc) is 3.66. The van der Waals surface area contributed by atoms with Crippen LogP contribution < -0.4 is 14.2 Å². The number of Topliss-reactive ketones (excluding diaryl/α,β-unsaturated/α-hetero) is 2. The minimum Gasteiger partial charge on any atom is -0.453 e. The summed E-state index contributed by atoms with van der Waals surface area (Å²) in [5.74, 6) is -2.56. The molecule has 0 N–H and O–H groups in total. The summed E-state index contributed by atoms with van der Waals surface area (Å²) >= 11 is 0. The van der Waals surface area contributed by atoms with Crippen molar-refractivity contribution in [3.05, 3.63) is 52.1 Å². The highest BCUT2D eigenvalue weighted by Gasteiger charge is 2.64. The Labute approximate surface area is 282 Å². The van der Waals surface area contributed by atoms with E-state index in [1.54, 1.807) is 38.1 Å². The molecule has 6 unspecified atom stereocenters. The molecule has 13 nitrogen and oxygen atoms in total. The molecule has 5 heterocycles. The van der Waals surface area contributed by atoms with Crippen molar-refractivity contribution >= 4 is 29.4 Å². The molecule has 0 aromatic heterocycles. The van der Waals surface area contributed by atoms with E-state index in [4.69, 9.17) is 18.9 Å². The van der Waals surface area contributed by atoms with Gasteiger partial charge in [-0.1, -0.05) is 19.1 Å². The van der Waals surface area contributed by atoms with E-state index in [2.05, 4.69) is 11.0 Å². The molecule has 13 heteroatoms. The summed E-state index contributed by atoms with van der Waals surface area (Å²) in [6, 6.07) is 5.98. The predicted octanol–water partition coefficient (Wildman–Crippen LogP) is 2.23. The summed E-state index contributed by atoms with van der Waals surface area (Å²) in [7, 11) is 3.32. The smallest absolute Gasteiger partial charge is 0.308 e. The van der Waals surface area contributed by atoms with E-state index in [1.165, 1.54) is 18.9 Å². The van der Waals surface area contributed by atoms with Gasteiger partial charge in [-0.25, -0.2) is 0 Å². The molecule has 49 heavy (non-hydrogen) atoms. The zero-order valence-electron chi connectivity index (χ0n) is 27.8. The van der Waals surface area contributed by atoms with Crippen LogP contribution in [-0.4, -0.2) is 102 Å². The van der Waals surface area contributed by atoms with Crippen LogP contribution in [0.5, 0.6) is 17.2 Å². The van der Waals surface area contributed by atoms with Gasteiger partial charge in [-0.15, -0.1) is 0 Å². The molecule has 0 spiro atoms. The highest BCUT2D eigenvalue weighted by atomic mass is 16.7. The monoisotopic (exact) mass is 668 g/mol. The normalized spacial score (nSPS) is 33.1. The van der Waals surface area contributed by atoms with E-state index < -0.39 is 71.9 Å². The first-order valence-electron chi connectivity index (χ1n) is 16.6. The van der Waals surface area contributed by atoms with E-state index in [1.807, 2.05) is 11.9 Å². The second-order valence-corrected chi connectivity index (χ2v) is 13.9. The van der Waals surface area contributed by atoms with Crippen LogP contribution in [0.2, 0.25) is 0 Å². The number of hydrogen-bond acceptors (Lipinski definition) is 12. The van der Waals surface area contributed by atoms with Crippen molar-refractivity contribution in [1.29, 1.82) is 5.26 Å². The van der Waals surface area contributed by atoms with Crippen molar-refractivity contribution in [3.63, 3.8) is 0 Å². The van der Waals surface area contributed by atoms with E-state index in [-0.39, 0.29) is 48.2 Å². The summed E-state index contributed by atoms with van der Waals surface area (Å²) < 4.78 is 23.5. The number of methoxy groups -OCH3 is 1. The Morgan fingerprint density at radius 2 is 1.71 bits per heavy atom. The van der Waals surface area contributed by atoms with Gasteiger partial charge in [-0.05, 0) is 38.9 Å². The van der Waals surface area contributed by atoms with Crippen LogP contribution in [0.4, 0.5) is 0 Å². The second-order valence-electron chi connectivity index (χ2n) is 13.9. The maximum absolute atomic E-state index is 14.3. The van der Waals surface area contributed by atoms with Crippen LogP contribution in [0, 0.1) is 36.0 Å². The summed E-state index contributed by atoms with van der Waals surface area (Å²) in [6.07, 6.45) is -0.383. The maximum atomic E-state index is 14.3. The van der Waals surface area contributed by atoms with Gasteiger partial charge in [0.15, 0.2) is 17.3 Å². The van der Waals surface area contributed by atoms with Crippen LogP contribution in [0.1, 0.15) is 63.7 Å². The highest BCUT2D eigenvalue weighted by Crippen LogP contribution is 2.57. The molecule has 2 aromatic rings. The highest BCUT2D eigenvalue weighted by molar-refractivity contribution is 6.21.